The number of carbonyl (C=O) groups excluding carboxylic acids is 1. The summed E-state index contributed by atoms with van der Waals surface area (Å²) in [5, 5.41) is 4.69. The van der Waals surface area contributed by atoms with E-state index in [1.807, 2.05) is 25.1 Å². The first-order valence-electron chi connectivity index (χ1n) is 7.93. The summed E-state index contributed by atoms with van der Waals surface area (Å²) in [6, 6.07) is 12.7. The lowest BCUT2D eigenvalue weighted by atomic mass is 10.1. The Morgan fingerprint density at radius 1 is 1.15 bits per heavy atom. The molecule has 0 amide bonds. The molecule has 0 spiro atoms. The van der Waals surface area contributed by atoms with Crippen LogP contribution in [0.15, 0.2) is 46.9 Å². The molecule has 0 saturated carbocycles. The molecule has 0 radical (unpaired) electrons. The zero-order valence-corrected chi connectivity index (χ0v) is 18.0. The molecule has 4 nitrogen and oxygen atoms in total. The van der Waals surface area contributed by atoms with Crippen molar-refractivity contribution in [2.24, 2.45) is 0 Å². The average molecular weight is 489 g/mol. The molecule has 0 aliphatic heterocycles. The maximum atomic E-state index is 11.3. The van der Waals surface area contributed by atoms with Crippen LogP contribution in [0.1, 0.15) is 27.3 Å². The van der Waals surface area contributed by atoms with E-state index in [0.717, 1.165) is 21.3 Å². The fourth-order valence-electron chi connectivity index (χ4n) is 2.56. The predicted octanol–water partition coefficient (Wildman–Crippen LogP) is 6.27. The van der Waals surface area contributed by atoms with E-state index < -0.39 is 5.24 Å². The summed E-state index contributed by atoms with van der Waals surface area (Å²) in [4.78, 5) is 11.3. The summed E-state index contributed by atoms with van der Waals surface area (Å²) in [5.41, 5.74) is 3.04. The predicted molar refractivity (Wildman–Crippen MR) is 111 cm³/mol. The van der Waals surface area contributed by atoms with Crippen LogP contribution in [-0.4, -0.2) is 15.0 Å². The number of rotatable bonds is 6. The van der Waals surface area contributed by atoms with Crippen LogP contribution in [0.4, 0.5) is 0 Å². The Morgan fingerprint density at radius 3 is 2.59 bits per heavy atom. The fraction of sp³-hybridized carbons (Fsp3) is 0.158. The van der Waals surface area contributed by atoms with Crippen LogP contribution in [-0.2, 0) is 13.2 Å². The molecule has 1 aromatic heterocycles. The zero-order chi connectivity index (χ0) is 19.6. The first kappa shape index (κ1) is 20.2. The van der Waals surface area contributed by atoms with Gasteiger partial charge in [0.05, 0.1) is 11.6 Å². The van der Waals surface area contributed by atoms with Crippen LogP contribution in [0.3, 0.4) is 0 Å². The van der Waals surface area contributed by atoms with Crippen LogP contribution in [0.5, 0.6) is 5.75 Å². The van der Waals surface area contributed by atoms with E-state index in [9.17, 15) is 4.79 Å². The summed E-state index contributed by atoms with van der Waals surface area (Å²) in [6.45, 7) is 2.67. The summed E-state index contributed by atoms with van der Waals surface area (Å²) < 4.78 is 8.53. The normalized spacial score (nSPS) is 10.9. The van der Waals surface area contributed by atoms with Crippen LogP contribution in [0, 0.1) is 6.92 Å². The van der Waals surface area contributed by atoms with Crippen LogP contribution in [0.25, 0.3) is 0 Å². The minimum Gasteiger partial charge on any atom is -0.487 e. The molecule has 0 aliphatic carbocycles. The van der Waals surface area contributed by atoms with Gasteiger partial charge in [-0.15, -0.1) is 0 Å². The third-order valence-corrected chi connectivity index (χ3v) is 5.17. The van der Waals surface area contributed by atoms with Gasteiger partial charge in [0.2, 0.25) is 0 Å². The Balaban J connectivity index is 1.84. The third-order valence-electron chi connectivity index (χ3n) is 3.95. The van der Waals surface area contributed by atoms with Gasteiger partial charge >= 0.3 is 0 Å². The lowest BCUT2D eigenvalue weighted by Gasteiger charge is -2.14. The molecule has 2 aromatic carbocycles. The van der Waals surface area contributed by atoms with Gasteiger partial charge in [0.25, 0.3) is 5.24 Å². The van der Waals surface area contributed by atoms with Gasteiger partial charge in [0.15, 0.2) is 0 Å². The van der Waals surface area contributed by atoms with E-state index in [-0.39, 0.29) is 5.69 Å². The number of ether oxygens (including phenoxy) is 1. The molecule has 0 saturated heterocycles. The molecule has 0 atom stereocenters. The van der Waals surface area contributed by atoms with Crippen molar-refractivity contribution in [3.05, 3.63) is 79.5 Å². The van der Waals surface area contributed by atoms with Crippen molar-refractivity contribution >= 4 is 56.0 Å². The van der Waals surface area contributed by atoms with Crippen LogP contribution < -0.4 is 4.74 Å². The van der Waals surface area contributed by atoms with E-state index in [4.69, 9.17) is 39.5 Å². The summed E-state index contributed by atoms with van der Waals surface area (Å²) >= 11 is 21.1. The van der Waals surface area contributed by atoms with Crippen molar-refractivity contribution in [2.45, 2.75) is 20.1 Å². The monoisotopic (exact) mass is 486 g/mol. The van der Waals surface area contributed by atoms with Gasteiger partial charge in [-0.25, -0.2) is 0 Å². The Morgan fingerprint density at radius 2 is 1.93 bits per heavy atom. The third kappa shape index (κ3) is 5.05. The van der Waals surface area contributed by atoms with E-state index in [1.165, 1.54) is 0 Å². The van der Waals surface area contributed by atoms with Gasteiger partial charge in [0.1, 0.15) is 18.1 Å². The number of hydrogen-bond acceptors (Lipinski definition) is 3. The highest BCUT2D eigenvalue weighted by atomic mass is 79.9. The summed E-state index contributed by atoms with van der Waals surface area (Å²) in [5.74, 6) is 0.556. The van der Waals surface area contributed by atoms with Crippen molar-refractivity contribution in [1.82, 2.24) is 9.78 Å². The quantitative estimate of drug-likeness (QED) is 0.384. The number of carbonyl (C=O) groups is 1. The van der Waals surface area contributed by atoms with Crippen molar-refractivity contribution < 1.29 is 9.53 Å². The van der Waals surface area contributed by atoms with E-state index in [0.29, 0.717) is 28.9 Å². The van der Waals surface area contributed by atoms with Gasteiger partial charge in [0, 0.05) is 15.2 Å². The molecule has 140 valence electrons. The van der Waals surface area contributed by atoms with Gasteiger partial charge in [-0.05, 0) is 66.0 Å². The fourth-order valence-corrected chi connectivity index (χ4v) is 3.52. The van der Waals surface area contributed by atoms with Crippen LogP contribution in [0.2, 0.25) is 10.0 Å². The molecule has 0 fully saturated rings. The first-order chi connectivity index (χ1) is 12.8. The highest BCUT2D eigenvalue weighted by Crippen LogP contribution is 2.29. The number of aryl methyl sites for hydroxylation is 1. The Labute approximate surface area is 180 Å². The molecule has 8 heteroatoms. The second kappa shape index (κ2) is 8.65. The van der Waals surface area contributed by atoms with Gasteiger partial charge in [-0.3, -0.25) is 9.48 Å². The Bertz CT molecular complexity index is 1000. The second-order valence-corrected chi connectivity index (χ2v) is 7.98. The van der Waals surface area contributed by atoms with Crippen molar-refractivity contribution in [3.8, 4) is 5.75 Å². The topological polar surface area (TPSA) is 44.1 Å². The molecular formula is C19H14BrCl3N2O2. The average Bonchev–Trinajstić information content (AvgIpc) is 2.97. The molecule has 0 aliphatic rings. The molecule has 0 unspecified atom stereocenters. The number of hydrogen-bond donors (Lipinski definition) is 0. The van der Waals surface area contributed by atoms with Gasteiger partial charge in [-0.1, -0.05) is 45.2 Å². The highest BCUT2D eigenvalue weighted by Gasteiger charge is 2.13. The van der Waals surface area contributed by atoms with Gasteiger partial charge in [-0.2, -0.15) is 5.10 Å². The number of aromatic nitrogens is 2. The lowest BCUT2D eigenvalue weighted by Crippen LogP contribution is -2.09. The first-order valence-corrected chi connectivity index (χ1v) is 9.85. The smallest absolute Gasteiger partial charge is 0.272 e. The van der Waals surface area contributed by atoms with E-state index in [1.54, 1.807) is 28.9 Å². The maximum absolute atomic E-state index is 11.3. The SMILES string of the molecule is Cc1cc(C(=O)Cl)nn1Cc1cc(Br)ccc1COc1ccc(Cl)cc1Cl. The zero-order valence-electron chi connectivity index (χ0n) is 14.2. The van der Waals surface area contributed by atoms with Crippen molar-refractivity contribution in [3.63, 3.8) is 0 Å². The summed E-state index contributed by atoms with van der Waals surface area (Å²) in [7, 11) is 0. The maximum Gasteiger partial charge on any atom is 0.272 e. The molecule has 27 heavy (non-hydrogen) atoms. The van der Waals surface area contributed by atoms with Crippen LogP contribution >= 0.6 is 50.7 Å². The number of halogens is 4. The lowest BCUT2D eigenvalue weighted by molar-refractivity contribution is 0.107. The summed E-state index contributed by atoms with van der Waals surface area (Å²) in [6.07, 6.45) is 0. The van der Waals surface area contributed by atoms with E-state index >= 15 is 0 Å². The van der Waals surface area contributed by atoms with Gasteiger partial charge < -0.3 is 4.74 Å². The minimum absolute atomic E-state index is 0.231. The molecule has 0 N–H and O–H groups in total. The standard InChI is InChI=1S/C19H14BrCl3N2O2/c1-11-6-17(19(23)26)24-25(11)9-13-7-14(20)3-2-12(13)10-27-18-5-4-15(21)8-16(18)22/h2-8H,9-10H2,1H3. The number of benzene rings is 2. The van der Waals surface area contributed by atoms with E-state index in [2.05, 4.69) is 21.0 Å². The molecule has 3 rings (SSSR count). The minimum atomic E-state index is -0.577. The Kier molecular flexibility index (Phi) is 6.48. The molecular weight excluding hydrogens is 474 g/mol. The largest absolute Gasteiger partial charge is 0.487 e. The molecule has 1 heterocycles. The number of nitrogens with zero attached hydrogens (tertiary/aromatic N) is 2. The van der Waals surface area contributed by atoms with Crippen molar-refractivity contribution in [2.75, 3.05) is 0 Å². The highest BCUT2D eigenvalue weighted by molar-refractivity contribution is 9.10. The van der Waals surface area contributed by atoms with Crippen molar-refractivity contribution in [1.29, 1.82) is 0 Å². The molecule has 0 bridgehead atoms. The molecule has 3 aromatic rings. The Hall–Kier alpha value is -1.53. The second-order valence-electron chi connectivity index (χ2n) is 5.88.